The van der Waals surface area contributed by atoms with Crippen LogP contribution in [0.1, 0.15) is 5.56 Å². The maximum absolute atomic E-state index is 13.0. The van der Waals surface area contributed by atoms with E-state index in [1.807, 2.05) is 0 Å². The Kier molecular flexibility index (Phi) is 7.28. The second kappa shape index (κ2) is 9.98. The quantitative estimate of drug-likeness (QED) is 0.551. The van der Waals surface area contributed by atoms with Gasteiger partial charge in [0.25, 0.3) is 0 Å². The average Bonchev–Trinajstić information content (AvgIpc) is 2.82. The van der Waals surface area contributed by atoms with E-state index in [-0.39, 0.29) is 39.3 Å². The summed E-state index contributed by atoms with van der Waals surface area (Å²) < 4.78 is 41.3. The molecule has 3 rings (SSSR count). The van der Waals surface area contributed by atoms with Crippen molar-refractivity contribution in [1.29, 1.82) is 0 Å². The van der Waals surface area contributed by atoms with E-state index in [0.717, 1.165) is 21.3 Å². The third kappa shape index (κ3) is 5.05. The Balaban J connectivity index is 1.78. The molecule has 1 fully saturated rings. The zero-order valence-corrected chi connectivity index (χ0v) is 18.3. The number of halogens is 3. The van der Waals surface area contributed by atoms with Gasteiger partial charge in [0, 0.05) is 31.9 Å². The molecular weight excluding hydrogens is 455 g/mol. The van der Waals surface area contributed by atoms with Gasteiger partial charge in [0.2, 0.25) is 5.91 Å². The number of piperazine rings is 1. The minimum atomic E-state index is -4.46. The van der Waals surface area contributed by atoms with Gasteiger partial charge >= 0.3 is 23.2 Å². The molecule has 12 heteroatoms. The van der Waals surface area contributed by atoms with Crippen molar-refractivity contribution in [1.82, 2.24) is 18.6 Å². The van der Waals surface area contributed by atoms with Crippen molar-refractivity contribution in [2.24, 2.45) is 0 Å². The fourth-order valence-corrected chi connectivity index (χ4v) is 3.72. The van der Waals surface area contributed by atoms with E-state index in [4.69, 9.17) is 0 Å². The Bertz CT molecular complexity index is 1220. The highest BCUT2D eigenvalue weighted by molar-refractivity contribution is 5.76. The molecule has 1 amide bonds. The van der Waals surface area contributed by atoms with Crippen LogP contribution in [0.25, 0.3) is 0 Å². The summed E-state index contributed by atoms with van der Waals surface area (Å²) >= 11 is 0. The molecule has 0 unspecified atom stereocenters. The summed E-state index contributed by atoms with van der Waals surface area (Å²) in [5, 5.41) is 0. The summed E-state index contributed by atoms with van der Waals surface area (Å²) in [6, 6.07) is 4.94. The second-order valence-electron chi connectivity index (χ2n) is 7.65. The van der Waals surface area contributed by atoms with Crippen molar-refractivity contribution < 1.29 is 18.0 Å². The van der Waals surface area contributed by atoms with Crippen LogP contribution in [0.2, 0.25) is 0 Å². The Labute approximate surface area is 192 Å². The van der Waals surface area contributed by atoms with Crippen molar-refractivity contribution in [2.75, 3.05) is 31.1 Å². The lowest BCUT2D eigenvalue weighted by atomic mass is 10.1. The zero-order chi connectivity index (χ0) is 25.0. The number of alkyl halides is 3. The topological polar surface area (TPSA) is 89.5 Å². The van der Waals surface area contributed by atoms with E-state index in [9.17, 15) is 32.3 Å². The first-order valence-corrected chi connectivity index (χ1v) is 10.4. The van der Waals surface area contributed by atoms with Crippen molar-refractivity contribution >= 4 is 11.6 Å². The van der Waals surface area contributed by atoms with E-state index in [1.165, 1.54) is 23.1 Å². The van der Waals surface area contributed by atoms with Crippen LogP contribution in [0.15, 0.2) is 64.0 Å². The molecule has 1 aliphatic rings. The molecule has 34 heavy (non-hydrogen) atoms. The first kappa shape index (κ1) is 24.8. The van der Waals surface area contributed by atoms with Crippen LogP contribution in [0.5, 0.6) is 0 Å². The number of aromatic nitrogens is 3. The van der Waals surface area contributed by atoms with Crippen LogP contribution in [0.3, 0.4) is 0 Å². The van der Waals surface area contributed by atoms with Gasteiger partial charge < -0.3 is 9.80 Å². The maximum atomic E-state index is 13.0. The summed E-state index contributed by atoms with van der Waals surface area (Å²) in [4.78, 5) is 53.8. The number of hydrogen-bond donors (Lipinski definition) is 0. The van der Waals surface area contributed by atoms with Gasteiger partial charge in [-0.3, -0.25) is 4.79 Å². The molecule has 2 aromatic rings. The summed E-state index contributed by atoms with van der Waals surface area (Å²) in [7, 11) is 0. The van der Waals surface area contributed by atoms with Crippen LogP contribution in [0.4, 0.5) is 18.9 Å². The lowest BCUT2D eigenvalue weighted by Gasteiger charge is -2.36. The number of anilines is 1. The van der Waals surface area contributed by atoms with Gasteiger partial charge in [-0.15, -0.1) is 13.2 Å². The van der Waals surface area contributed by atoms with Crippen LogP contribution in [-0.4, -0.2) is 50.7 Å². The van der Waals surface area contributed by atoms with Gasteiger partial charge in [-0.25, -0.2) is 28.1 Å². The van der Waals surface area contributed by atoms with Crippen molar-refractivity contribution in [3.63, 3.8) is 0 Å². The second-order valence-corrected chi connectivity index (χ2v) is 7.65. The van der Waals surface area contributed by atoms with Gasteiger partial charge in [-0.2, -0.15) is 13.2 Å². The fourth-order valence-electron chi connectivity index (χ4n) is 3.72. The summed E-state index contributed by atoms with van der Waals surface area (Å²) in [6.07, 6.45) is -1.81. The first-order valence-electron chi connectivity index (χ1n) is 10.4. The number of nitrogens with zero attached hydrogens (tertiary/aromatic N) is 5. The SMILES string of the molecule is C=CCn1c(=O)n(CC=C)c(=O)n(CC(=O)N2CCN(c3cccc(C(F)(F)F)c3)CC2)c1=O. The molecule has 0 aliphatic carbocycles. The predicted molar refractivity (Wildman–Crippen MR) is 120 cm³/mol. The van der Waals surface area contributed by atoms with Crippen LogP contribution < -0.4 is 22.0 Å². The number of hydrogen-bond acceptors (Lipinski definition) is 5. The first-order chi connectivity index (χ1) is 16.1. The molecule has 2 heterocycles. The van der Waals surface area contributed by atoms with Crippen LogP contribution in [-0.2, 0) is 30.6 Å². The molecular formula is C22H24F3N5O4. The standard InChI is InChI=1S/C22H24F3N5O4/c1-3-8-28-19(32)29(9-4-2)21(34)30(20(28)33)15-18(31)27-12-10-26(11-13-27)17-7-5-6-16(14-17)22(23,24)25/h3-7,14H,1-2,8-13,15H2. The normalized spacial score (nSPS) is 14.2. The van der Waals surface area contributed by atoms with Gasteiger partial charge in [0.15, 0.2) is 0 Å². The summed E-state index contributed by atoms with van der Waals surface area (Å²) in [5.74, 6) is -0.517. The lowest BCUT2D eigenvalue weighted by molar-refractivity contribution is -0.137. The van der Waals surface area contributed by atoms with Gasteiger partial charge in [0.1, 0.15) is 6.54 Å². The minimum Gasteiger partial charge on any atom is -0.368 e. The number of carbonyl (C=O) groups is 1. The molecule has 0 spiro atoms. The fraction of sp³-hybridized carbons (Fsp3) is 0.364. The Morgan fingerprint density at radius 3 is 1.91 bits per heavy atom. The smallest absolute Gasteiger partial charge is 0.368 e. The van der Waals surface area contributed by atoms with Crippen molar-refractivity contribution in [3.8, 4) is 0 Å². The number of carbonyl (C=O) groups excluding carboxylic acids is 1. The van der Waals surface area contributed by atoms with Crippen LogP contribution >= 0.6 is 0 Å². The molecule has 0 N–H and O–H groups in total. The minimum absolute atomic E-state index is 0.140. The molecule has 0 radical (unpaired) electrons. The molecule has 1 aliphatic heterocycles. The number of rotatable bonds is 7. The molecule has 0 saturated carbocycles. The number of benzene rings is 1. The highest BCUT2D eigenvalue weighted by Crippen LogP contribution is 2.31. The number of amides is 1. The van der Waals surface area contributed by atoms with E-state index < -0.39 is 41.3 Å². The number of allylic oxidation sites excluding steroid dienone is 2. The van der Waals surface area contributed by atoms with Crippen molar-refractivity contribution in [3.05, 3.63) is 86.6 Å². The molecule has 1 aromatic heterocycles. The van der Waals surface area contributed by atoms with E-state index in [0.29, 0.717) is 10.3 Å². The maximum Gasteiger partial charge on any atom is 0.416 e. The highest BCUT2D eigenvalue weighted by atomic mass is 19.4. The third-order valence-electron chi connectivity index (χ3n) is 5.47. The van der Waals surface area contributed by atoms with E-state index >= 15 is 0 Å². The van der Waals surface area contributed by atoms with Crippen molar-refractivity contribution in [2.45, 2.75) is 25.8 Å². The Hall–Kier alpha value is -3.83. The lowest BCUT2D eigenvalue weighted by Crippen LogP contribution is -2.56. The van der Waals surface area contributed by atoms with Gasteiger partial charge in [-0.1, -0.05) is 18.2 Å². The molecule has 9 nitrogen and oxygen atoms in total. The largest absolute Gasteiger partial charge is 0.416 e. The molecule has 0 bridgehead atoms. The summed E-state index contributed by atoms with van der Waals surface area (Å²) in [6.45, 7) is 7.07. The monoisotopic (exact) mass is 479 g/mol. The Morgan fingerprint density at radius 2 is 1.41 bits per heavy atom. The highest BCUT2D eigenvalue weighted by Gasteiger charge is 2.31. The van der Waals surface area contributed by atoms with Gasteiger partial charge in [0.05, 0.1) is 18.7 Å². The zero-order valence-electron chi connectivity index (χ0n) is 18.3. The molecule has 0 atom stereocenters. The predicted octanol–water partition coefficient (Wildman–Crippen LogP) is 0.911. The summed E-state index contributed by atoms with van der Waals surface area (Å²) in [5.41, 5.74) is -3.04. The molecule has 182 valence electrons. The van der Waals surface area contributed by atoms with Gasteiger partial charge in [-0.05, 0) is 18.2 Å². The average molecular weight is 479 g/mol. The molecule has 1 saturated heterocycles. The third-order valence-corrected chi connectivity index (χ3v) is 5.47. The Morgan fingerprint density at radius 1 is 0.882 bits per heavy atom. The van der Waals surface area contributed by atoms with Crippen LogP contribution in [0, 0.1) is 0 Å². The van der Waals surface area contributed by atoms with E-state index in [2.05, 4.69) is 13.2 Å². The van der Waals surface area contributed by atoms with E-state index in [1.54, 1.807) is 11.0 Å². The molecule has 1 aromatic carbocycles.